The second-order valence-corrected chi connectivity index (χ2v) is 4.08. The van der Waals surface area contributed by atoms with Gasteiger partial charge < -0.3 is 9.84 Å². The van der Waals surface area contributed by atoms with Crippen molar-refractivity contribution >= 4 is 28.6 Å². The normalized spacial score (nSPS) is 10.2. The van der Waals surface area contributed by atoms with Gasteiger partial charge in [0.2, 0.25) is 0 Å². The third kappa shape index (κ3) is 2.79. The van der Waals surface area contributed by atoms with Gasteiger partial charge in [-0.15, -0.1) is 0 Å². The number of benzene rings is 1. The molecule has 2 rings (SSSR count). The molecular weight excluding hydrogens is 302 g/mol. The van der Waals surface area contributed by atoms with Crippen LogP contribution in [-0.4, -0.2) is 19.9 Å². The van der Waals surface area contributed by atoms with Crippen molar-refractivity contribution in [1.82, 2.24) is 5.16 Å². The highest BCUT2D eigenvalue weighted by Gasteiger charge is 2.31. The lowest BCUT2D eigenvalue weighted by atomic mass is 10.2. The zero-order valence-electron chi connectivity index (χ0n) is 10.9. The highest BCUT2D eigenvalue weighted by molar-refractivity contribution is 5.80. The molecule has 0 radical (unpaired) electrons. The van der Waals surface area contributed by atoms with Crippen LogP contribution in [0.1, 0.15) is 5.76 Å². The summed E-state index contributed by atoms with van der Waals surface area (Å²) in [6, 6.07) is 2.61. The van der Waals surface area contributed by atoms with Gasteiger partial charge in [0.05, 0.1) is 26.9 Å². The summed E-state index contributed by atoms with van der Waals surface area (Å²) >= 11 is 0. The van der Waals surface area contributed by atoms with E-state index in [0.717, 1.165) is 0 Å². The Balaban J connectivity index is 2.65. The van der Waals surface area contributed by atoms with Crippen molar-refractivity contribution in [2.45, 2.75) is 6.92 Å². The average molecular weight is 309 g/mol. The summed E-state index contributed by atoms with van der Waals surface area (Å²) in [6.45, 7) is 1.55. The van der Waals surface area contributed by atoms with Gasteiger partial charge in [-0.3, -0.25) is 30.3 Å². The SMILES string of the molecule is Cc1cc(Nc2c([N+](=O)[O-])cc([N+](=O)[O-])cc2[N+](=O)[O-])no1. The van der Waals surface area contributed by atoms with Gasteiger partial charge in [-0.25, -0.2) is 0 Å². The van der Waals surface area contributed by atoms with Crippen LogP contribution in [0, 0.1) is 37.3 Å². The molecule has 0 spiro atoms. The molecule has 0 amide bonds. The molecular formula is C10H7N5O7. The fraction of sp³-hybridized carbons (Fsp3) is 0.100. The van der Waals surface area contributed by atoms with Crippen LogP contribution in [-0.2, 0) is 0 Å². The van der Waals surface area contributed by atoms with Gasteiger partial charge in [-0.05, 0) is 6.92 Å². The maximum atomic E-state index is 11.0. The van der Waals surface area contributed by atoms with Crippen LogP contribution in [0.2, 0.25) is 0 Å². The second kappa shape index (κ2) is 5.43. The molecule has 1 aromatic heterocycles. The van der Waals surface area contributed by atoms with E-state index in [2.05, 4.69) is 10.5 Å². The Kier molecular flexibility index (Phi) is 3.66. The molecule has 0 aliphatic carbocycles. The van der Waals surface area contributed by atoms with Gasteiger partial charge in [0.1, 0.15) is 5.76 Å². The van der Waals surface area contributed by atoms with Crippen molar-refractivity contribution in [2.75, 3.05) is 5.32 Å². The van der Waals surface area contributed by atoms with E-state index in [1.54, 1.807) is 6.92 Å². The molecule has 12 nitrogen and oxygen atoms in total. The number of nitro benzene ring substituents is 3. The van der Waals surface area contributed by atoms with Crippen molar-refractivity contribution < 1.29 is 19.3 Å². The van der Waals surface area contributed by atoms with Crippen molar-refractivity contribution in [3.63, 3.8) is 0 Å². The van der Waals surface area contributed by atoms with Crippen LogP contribution in [0.4, 0.5) is 28.6 Å². The molecule has 1 N–H and O–H groups in total. The Labute approximate surface area is 120 Å². The highest BCUT2D eigenvalue weighted by Crippen LogP contribution is 2.39. The summed E-state index contributed by atoms with van der Waals surface area (Å²) in [7, 11) is 0. The Bertz CT molecular complexity index is 749. The Morgan fingerprint density at radius 3 is 1.91 bits per heavy atom. The molecule has 114 valence electrons. The van der Waals surface area contributed by atoms with Crippen LogP contribution in [0.3, 0.4) is 0 Å². The zero-order valence-corrected chi connectivity index (χ0v) is 10.9. The molecule has 0 unspecified atom stereocenters. The standard InChI is InChI=1S/C10H7N5O7/c1-5-2-9(12-22-5)11-10-7(14(18)19)3-6(13(16)17)4-8(10)15(20)21/h2-4H,1H3,(H,11,12). The number of rotatable bonds is 5. The van der Waals surface area contributed by atoms with Crippen molar-refractivity contribution in [1.29, 1.82) is 0 Å². The fourth-order valence-corrected chi connectivity index (χ4v) is 1.67. The topological polar surface area (TPSA) is 167 Å². The Morgan fingerprint density at radius 2 is 1.55 bits per heavy atom. The number of nitrogens with one attached hydrogen (secondary N) is 1. The predicted octanol–water partition coefficient (Wildman–Crippen LogP) is 2.45. The molecule has 1 aromatic carbocycles. The fourth-order valence-electron chi connectivity index (χ4n) is 1.67. The lowest BCUT2D eigenvalue weighted by molar-refractivity contribution is -0.401. The van der Waals surface area contributed by atoms with Crippen LogP contribution in [0.5, 0.6) is 0 Å². The van der Waals surface area contributed by atoms with Gasteiger partial charge in [0, 0.05) is 6.07 Å². The maximum Gasteiger partial charge on any atom is 0.306 e. The molecule has 0 saturated heterocycles. The maximum absolute atomic E-state index is 11.0. The largest absolute Gasteiger partial charge is 0.360 e. The summed E-state index contributed by atoms with van der Waals surface area (Å²) in [5.41, 5.74) is -2.92. The molecule has 0 saturated carbocycles. The van der Waals surface area contributed by atoms with Crippen LogP contribution < -0.4 is 5.32 Å². The molecule has 0 fully saturated rings. The van der Waals surface area contributed by atoms with E-state index >= 15 is 0 Å². The molecule has 12 heteroatoms. The predicted molar refractivity (Wildman–Crippen MR) is 70.9 cm³/mol. The van der Waals surface area contributed by atoms with Gasteiger partial charge in [0.25, 0.3) is 5.69 Å². The molecule has 22 heavy (non-hydrogen) atoms. The van der Waals surface area contributed by atoms with Crippen LogP contribution in [0.15, 0.2) is 22.7 Å². The number of nitrogens with zero attached hydrogens (tertiary/aromatic N) is 4. The number of hydrogen-bond donors (Lipinski definition) is 1. The lowest BCUT2D eigenvalue weighted by Crippen LogP contribution is -2.03. The Morgan fingerprint density at radius 1 is 1.00 bits per heavy atom. The molecule has 0 aliphatic rings. The zero-order chi connectivity index (χ0) is 16.4. The minimum absolute atomic E-state index is 0.00227. The van der Waals surface area contributed by atoms with Crippen LogP contribution in [0.25, 0.3) is 0 Å². The number of nitro groups is 3. The van der Waals surface area contributed by atoms with E-state index in [9.17, 15) is 30.3 Å². The van der Waals surface area contributed by atoms with Gasteiger partial charge in [-0.1, -0.05) is 5.16 Å². The van der Waals surface area contributed by atoms with E-state index in [0.29, 0.717) is 17.9 Å². The molecule has 0 atom stereocenters. The van der Waals surface area contributed by atoms with E-state index < -0.39 is 37.5 Å². The smallest absolute Gasteiger partial charge is 0.306 e. The van der Waals surface area contributed by atoms with E-state index in [-0.39, 0.29) is 5.82 Å². The second-order valence-electron chi connectivity index (χ2n) is 4.08. The number of anilines is 2. The highest BCUT2D eigenvalue weighted by atomic mass is 16.6. The molecule has 0 bridgehead atoms. The third-order valence-corrected chi connectivity index (χ3v) is 2.57. The van der Waals surface area contributed by atoms with E-state index in [1.807, 2.05) is 0 Å². The first-order valence-electron chi connectivity index (χ1n) is 5.61. The van der Waals surface area contributed by atoms with Crippen molar-refractivity contribution in [3.05, 3.63) is 54.3 Å². The minimum atomic E-state index is -0.963. The van der Waals surface area contributed by atoms with E-state index in [4.69, 9.17) is 4.52 Å². The first-order valence-corrected chi connectivity index (χ1v) is 5.61. The van der Waals surface area contributed by atoms with Crippen molar-refractivity contribution in [3.8, 4) is 0 Å². The number of hydrogen-bond acceptors (Lipinski definition) is 9. The first-order chi connectivity index (χ1) is 10.3. The summed E-state index contributed by atoms with van der Waals surface area (Å²) < 4.78 is 4.74. The van der Waals surface area contributed by atoms with Crippen LogP contribution >= 0.6 is 0 Å². The number of non-ortho nitro benzene ring substituents is 1. The van der Waals surface area contributed by atoms with Gasteiger partial charge >= 0.3 is 11.4 Å². The quantitative estimate of drug-likeness (QED) is 0.643. The number of aryl methyl sites for hydroxylation is 1. The third-order valence-electron chi connectivity index (χ3n) is 2.57. The summed E-state index contributed by atoms with van der Waals surface area (Å²) in [6.07, 6.45) is 0. The minimum Gasteiger partial charge on any atom is -0.360 e. The average Bonchev–Trinajstić information content (AvgIpc) is 2.83. The molecule has 0 aliphatic heterocycles. The summed E-state index contributed by atoms with van der Waals surface area (Å²) in [4.78, 5) is 29.9. The first kappa shape index (κ1) is 14.8. The van der Waals surface area contributed by atoms with Gasteiger partial charge in [-0.2, -0.15) is 0 Å². The summed E-state index contributed by atoms with van der Waals surface area (Å²) in [5, 5.41) is 38.7. The van der Waals surface area contributed by atoms with E-state index in [1.165, 1.54) is 6.07 Å². The molecule has 2 aromatic rings. The molecule has 1 heterocycles. The van der Waals surface area contributed by atoms with Gasteiger partial charge in [0.15, 0.2) is 11.5 Å². The Hall–Kier alpha value is -3.57. The monoisotopic (exact) mass is 309 g/mol. The van der Waals surface area contributed by atoms with Crippen molar-refractivity contribution in [2.24, 2.45) is 0 Å². The lowest BCUT2D eigenvalue weighted by Gasteiger charge is -2.04. The number of aromatic nitrogens is 1. The summed E-state index contributed by atoms with van der Waals surface area (Å²) in [5.74, 6) is 0.368.